The maximum absolute atomic E-state index is 2.40. The smallest absolute Gasteiger partial charge is 0.0163 e. The lowest BCUT2D eigenvalue weighted by molar-refractivity contribution is 0.915. The van der Waals surface area contributed by atoms with E-state index in [-0.39, 0.29) is 0 Å². The maximum atomic E-state index is 2.40. The molecule has 0 aliphatic heterocycles. The molecule has 0 aromatic heterocycles. The second kappa shape index (κ2) is 11.7. The van der Waals surface area contributed by atoms with Crippen LogP contribution in [0.1, 0.15) is 65.4 Å². The molecule has 0 saturated carbocycles. The fourth-order valence-electron chi connectivity index (χ4n) is 2.38. The van der Waals surface area contributed by atoms with Crippen LogP contribution in [0.25, 0.3) is 6.08 Å². The lowest BCUT2D eigenvalue weighted by Crippen LogP contribution is -1.80. The molecule has 0 bridgehead atoms. The molecule has 0 aliphatic rings. The van der Waals surface area contributed by atoms with Crippen LogP contribution >= 0.6 is 0 Å². The molecule has 0 saturated heterocycles. The summed E-state index contributed by atoms with van der Waals surface area (Å²) in [5, 5.41) is 0. The van der Waals surface area contributed by atoms with Crippen LogP contribution in [0.2, 0.25) is 0 Å². The second-order valence-electron chi connectivity index (χ2n) is 6.51. The van der Waals surface area contributed by atoms with Gasteiger partial charge in [-0.3, -0.25) is 0 Å². The minimum absolute atomic E-state index is 1.02. The lowest BCUT2D eigenvalue weighted by atomic mass is 10.1. The molecule has 0 N–H and O–H groups in total. The third-order valence-corrected chi connectivity index (χ3v) is 3.84. The quantitative estimate of drug-likeness (QED) is 0.414. The highest BCUT2D eigenvalue weighted by atomic mass is 14.0. The lowest BCUT2D eigenvalue weighted by Gasteiger charge is -2.01. The van der Waals surface area contributed by atoms with E-state index in [0.717, 1.165) is 12.8 Å². The van der Waals surface area contributed by atoms with Crippen molar-refractivity contribution in [2.75, 3.05) is 0 Å². The van der Waals surface area contributed by atoms with Crippen molar-refractivity contribution in [3.63, 3.8) is 0 Å². The van der Waals surface area contributed by atoms with Crippen molar-refractivity contribution in [1.29, 1.82) is 0 Å². The van der Waals surface area contributed by atoms with E-state index >= 15 is 0 Å². The molecule has 0 radical (unpaired) electrons. The van der Waals surface area contributed by atoms with E-state index < -0.39 is 0 Å². The predicted molar refractivity (Wildman–Crippen MR) is 106 cm³/mol. The van der Waals surface area contributed by atoms with Crippen molar-refractivity contribution in [2.45, 2.75) is 59.8 Å². The van der Waals surface area contributed by atoms with E-state index in [1.165, 1.54) is 41.5 Å². The summed E-state index contributed by atoms with van der Waals surface area (Å²) in [4.78, 5) is 0. The van der Waals surface area contributed by atoms with Gasteiger partial charge in [-0.15, -0.1) is 0 Å². The standard InChI is InChI=1S/C23H32/c1-20(2)12-10-14-22(4)16-11-15-21(3)13-8-9-19-23-17-6-5-7-18-23/h5-7,9,12-13,16-19H,8,10-11,14-15H2,1-4H3. The summed E-state index contributed by atoms with van der Waals surface area (Å²) in [5.74, 6) is 0. The Labute approximate surface area is 143 Å². The summed E-state index contributed by atoms with van der Waals surface area (Å²) in [6.45, 7) is 8.82. The summed E-state index contributed by atoms with van der Waals surface area (Å²) in [7, 11) is 0. The van der Waals surface area contributed by atoms with E-state index in [4.69, 9.17) is 0 Å². The second-order valence-corrected chi connectivity index (χ2v) is 6.51. The molecule has 23 heavy (non-hydrogen) atoms. The van der Waals surface area contributed by atoms with Gasteiger partial charge in [0.05, 0.1) is 0 Å². The van der Waals surface area contributed by atoms with Crippen molar-refractivity contribution in [1.82, 2.24) is 0 Å². The summed E-state index contributed by atoms with van der Waals surface area (Å²) < 4.78 is 0. The van der Waals surface area contributed by atoms with Crippen LogP contribution in [0, 0.1) is 0 Å². The summed E-state index contributed by atoms with van der Waals surface area (Å²) in [6, 6.07) is 10.5. The van der Waals surface area contributed by atoms with Crippen molar-refractivity contribution < 1.29 is 0 Å². The molecule has 124 valence electrons. The average Bonchev–Trinajstić information content (AvgIpc) is 2.52. The van der Waals surface area contributed by atoms with Crippen LogP contribution < -0.4 is 0 Å². The van der Waals surface area contributed by atoms with E-state index in [0.29, 0.717) is 0 Å². The monoisotopic (exact) mass is 308 g/mol. The zero-order valence-electron chi connectivity index (χ0n) is 15.3. The number of rotatable bonds is 9. The van der Waals surface area contributed by atoms with Crippen molar-refractivity contribution in [3.8, 4) is 0 Å². The minimum atomic E-state index is 1.02. The summed E-state index contributed by atoms with van der Waals surface area (Å²) >= 11 is 0. The van der Waals surface area contributed by atoms with E-state index in [9.17, 15) is 0 Å². The fourth-order valence-corrected chi connectivity index (χ4v) is 2.38. The van der Waals surface area contributed by atoms with Gasteiger partial charge in [-0.25, -0.2) is 0 Å². The third kappa shape index (κ3) is 10.5. The van der Waals surface area contributed by atoms with Crippen molar-refractivity contribution >= 4 is 6.08 Å². The molecule has 1 aromatic carbocycles. The Bertz CT molecular complexity index is 549. The SMILES string of the molecule is CC(C)=CCCC(C)=CCCC(C)=CCC=Cc1ccccc1. The van der Waals surface area contributed by atoms with Gasteiger partial charge >= 0.3 is 0 Å². The molecular formula is C23H32. The Hall–Kier alpha value is -1.82. The van der Waals surface area contributed by atoms with Crippen molar-refractivity contribution in [2.24, 2.45) is 0 Å². The van der Waals surface area contributed by atoms with E-state index in [1.54, 1.807) is 0 Å². The molecule has 0 spiro atoms. The largest absolute Gasteiger partial charge is 0.0856 e. The van der Waals surface area contributed by atoms with Crippen LogP contribution in [-0.2, 0) is 0 Å². The molecule has 0 nitrogen and oxygen atoms in total. The number of hydrogen-bond donors (Lipinski definition) is 0. The van der Waals surface area contributed by atoms with Gasteiger partial charge in [0.1, 0.15) is 0 Å². The topological polar surface area (TPSA) is 0 Å². The fraction of sp³-hybridized carbons (Fsp3) is 0.391. The van der Waals surface area contributed by atoms with Gasteiger partial charge in [0.2, 0.25) is 0 Å². The number of benzene rings is 1. The van der Waals surface area contributed by atoms with Crippen LogP contribution in [0.4, 0.5) is 0 Å². The summed E-state index contributed by atoms with van der Waals surface area (Å²) in [6.07, 6.45) is 17.2. The Kier molecular flexibility index (Phi) is 9.79. The van der Waals surface area contributed by atoms with E-state index in [2.05, 4.69) is 88.4 Å². The van der Waals surface area contributed by atoms with E-state index in [1.807, 2.05) is 0 Å². The molecule has 1 aromatic rings. The normalized spacial score (nSPS) is 12.7. The number of hydrogen-bond acceptors (Lipinski definition) is 0. The zero-order valence-corrected chi connectivity index (χ0v) is 15.3. The van der Waals surface area contributed by atoms with Gasteiger partial charge in [0, 0.05) is 0 Å². The maximum Gasteiger partial charge on any atom is -0.0163 e. The van der Waals surface area contributed by atoms with Crippen LogP contribution in [0.3, 0.4) is 0 Å². The molecular weight excluding hydrogens is 276 g/mol. The van der Waals surface area contributed by atoms with Gasteiger partial charge in [0.15, 0.2) is 0 Å². The number of allylic oxidation sites excluding steroid dienone is 7. The Morgan fingerprint density at radius 1 is 0.783 bits per heavy atom. The third-order valence-electron chi connectivity index (χ3n) is 3.84. The highest BCUT2D eigenvalue weighted by molar-refractivity contribution is 5.48. The molecule has 0 unspecified atom stereocenters. The Balaban J connectivity index is 2.26. The van der Waals surface area contributed by atoms with Gasteiger partial charge in [0.25, 0.3) is 0 Å². The molecule has 0 fully saturated rings. The van der Waals surface area contributed by atoms with Gasteiger partial charge in [-0.1, -0.05) is 77.4 Å². The van der Waals surface area contributed by atoms with Gasteiger partial charge in [-0.2, -0.15) is 0 Å². The molecule has 0 heteroatoms. The van der Waals surface area contributed by atoms with Crippen molar-refractivity contribution in [3.05, 3.63) is 76.9 Å². The first kappa shape index (κ1) is 19.2. The Morgan fingerprint density at radius 3 is 2.04 bits per heavy atom. The van der Waals surface area contributed by atoms with Gasteiger partial charge < -0.3 is 0 Å². The Morgan fingerprint density at radius 2 is 1.39 bits per heavy atom. The van der Waals surface area contributed by atoms with Gasteiger partial charge in [-0.05, 0) is 65.4 Å². The highest BCUT2D eigenvalue weighted by Gasteiger charge is 1.91. The average molecular weight is 309 g/mol. The first-order valence-electron chi connectivity index (χ1n) is 8.74. The van der Waals surface area contributed by atoms with Crippen LogP contribution in [0.15, 0.2) is 71.4 Å². The first-order chi connectivity index (χ1) is 11.1. The summed E-state index contributed by atoms with van der Waals surface area (Å²) in [5.41, 5.74) is 5.68. The zero-order chi connectivity index (χ0) is 16.9. The molecule has 0 aliphatic carbocycles. The van der Waals surface area contributed by atoms with Crippen LogP contribution in [0.5, 0.6) is 0 Å². The molecule has 1 rings (SSSR count). The molecule has 0 amide bonds. The molecule has 0 atom stereocenters. The first-order valence-corrected chi connectivity index (χ1v) is 8.74. The van der Waals surface area contributed by atoms with Crippen LogP contribution in [-0.4, -0.2) is 0 Å². The molecule has 0 heterocycles. The highest BCUT2D eigenvalue weighted by Crippen LogP contribution is 2.12. The predicted octanol–water partition coefficient (Wildman–Crippen LogP) is 7.51. The minimum Gasteiger partial charge on any atom is -0.0856 e.